The molecule has 0 heterocycles. The highest BCUT2D eigenvalue weighted by molar-refractivity contribution is 9.10. The van der Waals surface area contributed by atoms with Gasteiger partial charge in [0.2, 0.25) is 0 Å². The summed E-state index contributed by atoms with van der Waals surface area (Å²) >= 11 is 15.0. The number of halogens is 4. The van der Waals surface area contributed by atoms with Crippen molar-refractivity contribution in [2.75, 3.05) is 0 Å². The predicted octanol–water partition coefficient (Wildman–Crippen LogP) is 4.97. The molecule has 0 aliphatic carbocycles. The molecule has 0 unspecified atom stereocenters. The van der Waals surface area contributed by atoms with Crippen molar-refractivity contribution in [2.45, 2.75) is 13.2 Å². The second kappa shape index (κ2) is 6.76. The lowest BCUT2D eigenvalue weighted by atomic mass is 10.2. The Hall–Kier alpha value is -0.810. The van der Waals surface area contributed by atoms with Gasteiger partial charge in [0.15, 0.2) is 0 Å². The number of benzene rings is 2. The molecule has 0 fully saturated rings. The second-order valence-corrected chi connectivity index (χ2v) is 5.77. The first-order valence-corrected chi connectivity index (χ1v) is 7.21. The highest BCUT2D eigenvalue weighted by atomic mass is 79.9. The normalized spacial score (nSPS) is 10.7. The summed E-state index contributed by atoms with van der Waals surface area (Å²) in [4.78, 5) is 0. The summed E-state index contributed by atoms with van der Waals surface area (Å²) in [5.41, 5.74) is 1.27. The minimum Gasteiger partial charge on any atom is -0.487 e. The van der Waals surface area contributed by atoms with E-state index >= 15 is 0 Å². The molecule has 2 rings (SSSR count). The van der Waals surface area contributed by atoms with Gasteiger partial charge in [-0.15, -0.1) is 0 Å². The zero-order valence-corrected chi connectivity index (χ0v) is 13.3. The highest BCUT2D eigenvalue weighted by Crippen LogP contribution is 2.33. The van der Waals surface area contributed by atoms with E-state index in [1.807, 2.05) is 0 Å². The summed E-state index contributed by atoms with van der Waals surface area (Å²) in [6, 6.07) is 7.71. The van der Waals surface area contributed by atoms with Gasteiger partial charge < -0.3 is 9.84 Å². The lowest BCUT2D eigenvalue weighted by Gasteiger charge is -2.13. The van der Waals surface area contributed by atoms with Crippen molar-refractivity contribution < 1.29 is 14.2 Å². The standard InChI is InChI=1S/C14H10BrCl2FO2/c15-11-3-8(1-2-13(11)18)7-20-14-9(6-19)4-10(16)5-12(14)17/h1-5,19H,6-7H2. The van der Waals surface area contributed by atoms with Gasteiger partial charge in [-0.25, -0.2) is 4.39 Å². The molecule has 0 saturated heterocycles. The van der Waals surface area contributed by atoms with Crippen LogP contribution in [0.3, 0.4) is 0 Å². The van der Waals surface area contributed by atoms with Gasteiger partial charge in [-0.2, -0.15) is 0 Å². The van der Waals surface area contributed by atoms with Gasteiger partial charge in [-0.05, 0) is 45.8 Å². The van der Waals surface area contributed by atoms with Crippen LogP contribution in [0.15, 0.2) is 34.8 Å². The summed E-state index contributed by atoms with van der Waals surface area (Å²) in [6.45, 7) is -0.0318. The number of aliphatic hydroxyl groups excluding tert-OH is 1. The maximum Gasteiger partial charge on any atom is 0.144 e. The van der Waals surface area contributed by atoms with E-state index in [0.717, 1.165) is 5.56 Å². The largest absolute Gasteiger partial charge is 0.487 e. The maximum absolute atomic E-state index is 13.1. The molecule has 0 aliphatic rings. The van der Waals surface area contributed by atoms with Gasteiger partial charge >= 0.3 is 0 Å². The summed E-state index contributed by atoms with van der Waals surface area (Å²) in [5, 5.41) is 10.0. The number of rotatable bonds is 4. The highest BCUT2D eigenvalue weighted by Gasteiger charge is 2.11. The Morgan fingerprint density at radius 3 is 2.60 bits per heavy atom. The van der Waals surface area contributed by atoms with Crippen LogP contribution < -0.4 is 4.74 Å². The van der Waals surface area contributed by atoms with E-state index in [-0.39, 0.29) is 19.0 Å². The molecule has 2 aromatic rings. The van der Waals surface area contributed by atoms with Crippen LogP contribution in [0, 0.1) is 5.82 Å². The SMILES string of the molecule is OCc1cc(Cl)cc(Cl)c1OCc1ccc(F)c(Br)c1. The third-order valence-corrected chi connectivity index (χ3v) is 3.73. The third kappa shape index (κ3) is 3.64. The average Bonchev–Trinajstić information content (AvgIpc) is 2.40. The quantitative estimate of drug-likeness (QED) is 0.812. The molecule has 0 aromatic heterocycles. The molecule has 0 atom stereocenters. The molecule has 2 nitrogen and oxygen atoms in total. The summed E-state index contributed by atoms with van der Waals surface area (Å²) in [5.74, 6) is 0.0355. The smallest absolute Gasteiger partial charge is 0.144 e. The fourth-order valence-electron chi connectivity index (χ4n) is 1.68. The van der Waals surface area contributed by atoms with Crippen LogP contribution in [0.4, 0.5) is 4.39 Å². The van der Waals surface area contributed by atoms with Gasteiger partial charge in [0, 0.05) is 10.6 Å². The topological polar surface area (TPSA) is 29.5 Å². The van der Waals surface area contributed by atoms with Crippen molar-refractivity contribution in [3.63, 3.8) is 0 Å². The van der Waals surface area contributed by atoms with Crippen LogP contribution in [0.2, 0.25) is 10.0 Å². The van der Waals surface area contributed by atoms with Gasteiger partial charge in [-0.3, -0.25) is 0 Å². The van der Waals surface area contributed by atoms with Crippen LogP contribution >= 0.6 is 39.1 Å². The lowest BCUT2D eigenvalue weighted by molar-refractivity contribution is 0.259. The molecule has 20 heavy (non-hydrogen) atoms. The Morgan fingerprint density at radius 2 is 1.95 bits per heavy atom. The van der Waals surface area contributed by atoms with Crippen molar-refractivity contribution in [1.82, 2.24) is 0 Å². The fourth-order valence-corrected chi connectivity index (χ4v) is 2.69. The van der Waals surface area contributed by atoms with E-state index in [1.165, 1.54) is 12.1 Å². The van der Waals surface area contributed by atoms with E-state index in [9.17, 15) is 9.50 Å². The summed E-state index contributed by atoms with van der Waals surface area (Å²) in [6.07, 6.45) is 0. The van der Waals surface area contributed by atoms with E-state index in [4.69, 9.17) is 27.9 Å². The minimum absolute atomic E-state index is 0.202. The number of hydrogen-bond acceptors (Lipinski definition) is 2. The molecule has 0 aliphatic heterocycles. The molecule has 2 aromatic carbocycles. The maximum atomic E-state index is 13.1. The van der Waals surface area contributed by atoms with Crippen LogP contribution in [0.25, 0.3) is 0 Å². The Morgan fingerprint density at radius 1 is 1.20 bits per heavy atom. The van der Waals surface area contributed by atoms with Gasteiger partial charge in [-0.1, -0.05) is 29.3 Å². The third-order valence-electron chi connectivity index (χ3n) is 2.62. The Balaban J connectivity index is 2.20. The number of hydrogen-bond donors (Lipinski definition) is 1. The van der Waals surface area contributed by atoms with Crippen molar-refractivity contribution in [3.8, 4) is 5.75 Å². The molecule has 0 bridgehead atoms. The van der Waals surface area contributed by atoms with Gasteiger partial charge in [0.25, 0.3) is 0 Å². The summed E-state index contributed by atoms with van der Waals surface area (Å²) in [7, 11) is 0. The van der Waals surface area contributed by atoms with Crippen LogP contribution in [0.5, 0.6) is 5.75 Å². The monoisotopic (exact) mass is 378 g/mol. The molecule has 1 N–H and O–H groups in total. The molecule has 0 saturated carbocycles. The lowest BCUT2D eigenvalue weighted by Crippen LogP contribution is -2.00. The van der Waals surface area contributed by atoms with Crippen molar-refractivity contribution in [1.29, 1.82) is 0 Å². The van der Waals surface area contributed by atoms with Crippen LogP contribution in [-0.2, 0) is 13.2 Å². The van der Waals surface area contributed by atoms with Crippen molar-refractivity contribution in [2.24, 2.45) is 0 Å². The molecule has 0 amide bonds. The Kier molecular flexibility index (Phi) is 5.27. The van der Waals surface area contributed by atoms with Crippen LogP contribution in [0.1, 0.15) is 11.1 Å². The van der Waals surface area contributed by atoms with Crippen molar-refractivity contribution >= 4 is 39.1 Å². The molecule has 6 heteroatoms. The zero-order valence-electron chi connectivity index (χ0n) is 10.2. The Labute approximate surface area is 134 Å². The molecule has 0 radical (unpaired) electrons. The van der Waals surface area contributed by atoms with E-state index in [0.29, 0.717) is 25.8 Å². The first-order chi connectivity index (χ1) is 9.51. The molecule has 106 valence electrons. The second-order valence-electron chi connectivity index (χ2n) is 4.07. The van der Waals surface area contributed by atoms with Crippen molar-refractivity contribution in [3.05, 3.63) is 61.8 Å². The minimum atomic E-state index is -0.339. The van der Waals surface area contributed by atoms with E-state index < -0.39 is 0 Å². The first kappa shape index (κ1) is 15.6. The average molecular weight is 380 g/mol. The van der Waals surface area contributed by atoms with Gasteiger partial charge in [0.1, 0.15) is 18.2 Å². The number of aliphatic hydroxyl groups is 1. The van der Waals surface area contributed by atoms with E-state index in [1.54, 1.807) is 18.2 Å². The molecular formula is C14H10BrCl2FO2. The van der Waals surface area contributed by atoms with Crippen LogP contribution in [-0.4, -0.2) is 5.11 Å². The summed E-state index contributed by atoms with van der Waals surface area (Å²) < 4.78 is 19.1. The first-order valence-electron chi connectivity index (χ1n) is 5.66. The van der Waals surface area contributed by atoms with Gasteiger partial charge in [0.05, 0.1) is 16.1 Å². The molecular weight excluding hydrogens is 370 g/mol. The fraction of sp³-hybridized carbons (Fsp3) is 0.143. The predicted molar refractivity (Wildman–Crippen MR) is 80.8 cm³/mol. The Bertz CT molecular complexity index is 635. The molecule has 0 spiro atoms. The van der Waals surface area contributed by atoms with E-state index in [2.05, 4.69) is 15.9 Å². The zero-order chi connectivity index (χ0) is 14.7. The number of ether oxygens (including phenoxy) is 1.